The van der Waals surface area contributed by atoms with Crippen LogP contribution in [-0.2, 0) is 12.0 Å². The molecule has 1 saturated carbocycles. The fraction of sp³-hybridized carbons (Fsp3) is 0.636. The largest absolute Gasteiger partial charge is 0.252 e. The van der Waals surface area contributed by atoms with Gasteiger partial charge in [-0.2, -0.15) is 0 Å². The minimum absolute atomic E-state index is 0.304. The van der Waals surface area contributed by atoms with Crippen LogP contribution in [0.25, 0.3) is 0 Å². The molecule has 0 saturated heterocycles. The molecule has 0 aromatic carbocycles. The van der Waals surface area contributed by atoms with Gasteiger partial charge in [0.15, 0.2) is 0 Å². The quantitative estimate of drug-likeness (QED) is 0.676. The summed E-state index contributed by atoms with van der Waals surface area (Å²) in [5.41, 5.74) is 0.586. The SMILES string of the molecule is C#CC(C)(C)c1cn(CC2CC2)nn1. The Hall–Kier alpha value is -1.30. The van der Waals surface area contributed by atoms with E-state index >= 15 is 0 Å². The van der Waals surface area contributed by atoms with Crippen LogP contribution in [0.15, 0.2) is 6.20 Å². The molecule has 0 amide bonds. The molecular weight excluding hydrogens is 174 g/mol. The Morgan fingerprint density at radius 1 is 1.64 bits per heavy atom. The molecule has 1 aromatic heterocycles. The number of nitrogens with zero attached hydrogens (tertiary/aromatic N) is 3. The first-order valence-electron chi connectivity index (χ1n) is 5.00. The first kappa shape index (κ1) is 9.26. The van der Waals surface area contributed by atoms with Crippen molar-refractivity contribution in [3.05, 3.63) is 11.9 Å². The predicted molar refractivity (Wildman–Crippen MR) is 54.6 cm³/mol. The van der Waals surface area contributed by atoms with Gasteiger partial charge >= 0.3 is 0 Å². The Labute approximate surface area is 84.5 Å². The summed E-state index contributed by atoms with van der Waals surface area (Å²) in [7, 11) is 0. The number of hydrogen-bond donors (Lipinski definition) is 0. The van der Waals surface area contributed by atoms with Crippen molar-refractivity contribution in [3.8, 4) is 12.3 Å². The van der Waals surface area contributed by atoms with Gasteiger partial charge in [0.2, 0.25) is 0 Å². The maximum absolute atomic E-state index is 5.43. The van der Waals surface area contributed by atoms with Crippen molar-refractivity contribution in [1.29, 1.82) is 0 Å². The van der Waals surface area contributed by atoms with Crippen molar-refractivity contribution in [2.45, 2.75) is 38.6 Å². The zero-order valence-corrected chi connectivity index (χ0v) is 8.70. The van der Waals surface area contributed by atoms with Gasteiger partial charge in [0.1, 0.15) is 5.69 Å². The highest BCUT2D eigenvalue weighted by molar-refractivity contribution is 5.22. The summed E-state index contributed by atoms with van der Waals surface area (Å²) in [5, 5.41) is 8.19. The summed E-state index contributed by atoms with van der Waals surface area (Å²) >= 11 is 0. The van der Waals surface area contributed by atoms with E-state index in [1.165, 1.54) is 12.8 Å². The first-order valence-corrected chi connectivity index (χ1v) is 5.00. The lowest BCUT2D eigenvalue weighted by atomic mass is 9.91. The molecule has 1 aromatic rings. The number of aromatic nitrogens is 3. The summed E-state index contributed by atoms with van der Waals surface area (Å²) in [6.07, 6.45) is 10.1. The molecule has 3 nitrogen and oxygen atoms in total. The van der Waals surface area contributed by atoms with E-state index in [1.54, 1.807) is 0 Å². The van der Waals surface area contributed by atoms with Crippen LogP contribution in [0.3, 0.4) is 0 Å². The van der Waals surface area contributed by atoms with E-state index in [0.717, 1.165) is 18.2 Å². The maximum Gasteiger partial charge on any atom is 0.100 e. The Kier molecular flexibility index (Phi) is 2.07. The summed E-state index contributed by atoms with van der Waals surface area (Å²) in [6.45, 7) is 4.96. The minimum atomic E-state index is -0.304. The number of rotatable bonds is 3. The molecule has 0 atom stereocenters. The highest BCUT2D eigenvalue weighted by atomic mass is 15.4. The van der Waals surface area contributed by atoms with Crippen LogP contribution in [-0.4, -0.2) is 15.0 Å². The zero-order chi connectivity index (χ0) is 10.2. The van der Waals surface area contributed by atoms with Crippen molar-refractivity contribution < 1.29 is 0 Å². The lowest BCUT2D eigenvalue weighted by Gasteiger charge is -2.12. The van der Waals surface area contributed by atoms with Crippen molar-refractivity contribution >= 4 is 0 Å². The molecule has 1 fully saturated rings. The molecule has 0 bridgehead atoms. The van der Waals surface area contributed by atoms with Crippen LogP contribution in [0.5, 0.6) is 0 Å². The van der Waals surface area contributed by atoms with Gasteiger partial charge in [0.25, 0.3) is 0 Å². The van der Waals surface area contributed by atoms with Gasteiger partial charge in [-0.15, -0.1) is 11.5 Å². The standard InChI is InChI=1S/C11H15N3/c1-4-11(2,3)10-8-14(13-12-10)7-9-5-6-9/h1,8-9H,5-7H2,2-3H3. The second-order valence-corrected chi connectivity index (χ2v) is 4.54. The Morgan fingerprint density at radius 2 is 2.36 bits per heavy atom. The average Bonchev–Trinajstić information content (AvgIpc) is 2.81. The van der Waals surface area contributed by atoms with E-state index in [1.807, 2.05) is 24.7 Å². The van der Waals surface area contributed by atoms with Gasteiger partial charge in [0.05, 0.1) is 5.41 Å². The van der Waals surface area contributed by atoms with Crippen molar-refractivity contribution in [1.82, 2.24) is 15.0 Å². The molecule has 1 heterocycles. The van der Waals surface area contributed by atoms with Crippen molar-refractivity contribution in [2.24, 2.45) is 5.92 Å². The summed E-state index contributed by atoms with van der Waals surface area (Å²) in [5.74, 6) is 3.54. The summed E-state index contributed by atoms with van der Waals surface area (Å²) in [4.78, 5) is 0. The lowest BCUT2D eigenvalue weighted by molar-refractivity contribution is 0.544. The number of terminal acetylenes is 1. The third-order valence-electron chi connectivity index (χ3n) is 2.68. The molecule has 0 aliphatic heterocycles. The smallest absolute Gasteiger partial charge is 0.100 e. The topological polar surface area (TPSA) is 30.7 Å². The second kappa shape index (κ2) is 3.13. The molecule has 74 valence electrons. The molecule has 2 rings (SSSR count). The third-order valence-corrected chi connectivity index (χ3v) is 2.68. The normalized spacial score (nSPS) is 16.6. The molecule has 0 N–H and O–H groups in total. The highest BCUT2D eigenvalue weighted by Crippen LogP contribution is 2.30. The molecule has 1 aliphatic carbocycles. The van der Waals surface area contributed by atoms with Gasteiger partial charge in [-0.3, -0.25) is 4.68 Å². The summed E-state index contributed by atoms with van der Waals surface area (Å²) in [6, 6.07) is 0. The van der Waals surface area contributed by atoms with Gasteiger partial charge in [-0.25, -0.2) is 0 Å². The molecule has 0 radical (unpaired) electrons. The fourth-order valence-corrected chi connectivity index (χ4v) is 1.31. The van der Waals surface area contributed by atoms with Crippen LogP contribution in [0.2, 0.25) is 0 Å². The van der Waals surface area contributed by atoms with Crippen LogP contribution in [0.1, 0.15) is 32.4 Å². The Balaban J connectivity index is 2.12. The second-order valence-electron chi connectivity index (χ2n) is 4.54. The van der Waals surface area contributed by atoms with Crippen LogP contribution in [0.4, 0.5) is 0 Å². The van der Waals surface area contributed by atoms with E-state index < -0.39 is 0 Å². The van der Waals surface area contributed by atoms with Crippen LogP contribution >= 0.6 is 0 Å². The fourth-order valence-electron chi connectivity index (χ4n) is 1.31. The third kappa shape index (κ3) is 1.79. The molecule has 1 aliphatic rings. The van der Waals surface area contributed by atoms with Gasteiger partial charge in [-0.05, 0) is 32.6 Å². The Morgan fingerprint density at radius 3 is 2.93 bits per heavy atom. The van der Waals surface area contributed by atoms with Gasteiger partial charge in [-0.1, -0.05) is 11.1 Å². The minimum Gasteiger partial charge on any atom is -0.252 e. The molecule has 0 unspecified atom stereocenters. The van der Waals surface area contributed by atoms with E-state index in [4.69, 9.17) is 6.42 Å². The van der Waals surface area contributed by atoms with Crippen molar-refractivity contribution in [3.63, 3.8) is 0 Å². The summed E-state index contributed by atoms with van der Waals surface area (Å²) < 4.78 is 1.91. The predicted octanol–water partition coefficient (Wildman–Crippen LogP) is 1.60. The molecule has 0 spiro atoms. The van der Waals surface area contributed by atoms with Gasteiger partial charge in [0, 0.05) is 12.7 Å². The average molecular weight is 189 g/mol. The molecule has 3 heteroatoms. The van der Waals surface area contributed by atoms with Crippen LogP contribution in [0, 0.1) is 18.3 Å². The van der Waals surface area contributed by atoms with Gasteiger partial charge < -0.3 is 0 Å². The lowest BCUT2D eigenvalue weighted by Crippen LogP contribution is -2.14. The number of hydrogen-bond acceptors (Lipinski definition) is 2. The van der Waals surface area contributed by atoms with E-state index in [9.17, 15) is 0 Å². The molecule has 14 heavy (non-hydrogen) atoms. The molecular formula is C11H15N3. The van der Waals surface area contributed by atoms with Crippen LogP contribution < -0.4 is 0 Å². The highest BCUT2D eigenvalue weighted by Gasteiger charge is 2.25. The van der Waals surface area contributed by atoms with E-state index in [-0.39, 0.29) is 5.41 Å². The van der Waals surface area contributed by atoms with E-state index in [0.29, 0.717) is 0 Å². The first-order chi connectivity index (χ1) is 6.62. The monoisotopic (exact) mass is 189 g/mol. The Bertz CT molecular complexity index is 366. The van der Waals surface area contributed by atoms with Crippen molar-refractivity contribution in [2.75, 3.05) is 0 Å². The van der Waals surface area contributed by atoms with E-state index in [2.05, 4.69) is 16.2 Å². The maximum atomic E-state index is 5.43. The zero-order valence-electron chi connectivity index (χ0n) is 8.70.